The molecule has 0 fully saturated rings. The van der Waals surface area contributed by atoms with Crippen molar-refractivity contribution >= 4 is 5.97 Å². The molecule has 0 saturated heterocycles. The molecule has 15 heavy (non-hydrogen) atoms. The molecule has 0 saturated carbocycles. The number of carbonyl (C=O) groups excluding carboxylic acids is 1. The van der Waals surface area contributed by atoms with Gasteiger partial charge in [-0.2, -0.15) is 0 Å². The summed E-state index contributed by atoms with van der Waals surface area (Å²) < 4.78 is 10.0. The second kappa shape index (κ2) is 6.71. The molecule has 0 atom stereocenters. The predicted octanol–water partition coefficient (Wildman–Crippen LogP) is -3.00. The van der Waals surface area contributed by atoms with E-state index in [9.17, 15) is 9.90 Å². The Hall–Kier alpha value is -0.710. The van der Waals surface area contributed by atoms with E-state index in [-0.39, 0.29) is 36.0 Å². The van der Waals surface area contributed by atoms with E-state index < -0.39 is 5.97 Å². The van der Waals surface area contributed by atoms with Gasteiger partial charge in [0.05, 0.1) is 14.2 Å². The Morgan fingerprint density at radius 2 is 1.87 bits per heavy atom. The average Bonchev–Trinajstić information content (AvgIpc) is 2.16. The standard InChI is InChI=1S/C10H12O4.Na/c1-13-8-4-3-7(6-10(11)12)5-9(8)14-2;/h3-5H,6H2,1-2H3,(H,11,12);/q;+1/p-1. The smallest absolute Gasteiger partial charge is 0.550 e. The van der Waals surface area contributed by atoms with Crippen molar-refractivity contribution in [2.75, 3.05) is 14.2 Å². The molecular formula is C10H11NaO4. The van der Waals surface area contributed by atoms with Gasteiger partial charge in [-0.15, -0.1) is 0 Å². The zero-order valence-electron chi connectivity index (χ0n) is 9.07. The molecule has 0 bridgehead atoms. The average molecular weight is 218 g/mol. The topological polar surface area (TPSA) is 58.6 Å². The number of carboxylic acids is 1. The molecule has 0 spiro atoms. The number of ether oxygens (including phenoxy) is 2. The Labute approximate surface area is 110 Å². The van der Waals surface area contributed by atoms with Crippen LogP contribution < -0.4 is 44.1 Å². The van der Waals surface area contributed by atoms with Gasteiger partial charge in [-0.3, -0.25) is 0 Å². The summed E-state index contributed by atoms with van der Waals surface area (Å²) in [6, 6.07) is 4.95. The third-order valence-corrected chi connectivity index (χ3v) is 1.80. The molecular weight excluding hydrogens is 207 g/mol. The first kappa shape index (κ1) is 14.3. The first-order valence-corrected chi connectivity index (χ1v) is 4.08. The van der Waals surface area contributed by atoms with Crippen molar-refractivity contribution in [2.45, 2.75) is 6.42 Å². The van der Waals surface area contributed by atoms with Crippen molar-refractivity contribution < 1.29 is 48.9 Å². The van der Waals surface area contributed by atoms with E-state index in [2.05, 4.69) is 0 Å². The Kier molecular flexibility index (Phi) is 6.40. The fourth-order valence-electron chi connectivity index (χ4n) is 1.16. The Morgan fingerprint density at radius 1 is 1.27 bits per heavy atom. The summed E-state index contributed by atoms with van der Waals surface area (Å²) in [4.78, 5) is 10.3. The minimum absolute atomic E-state index is 0. The van der Waals surface area contributed by atoms with Crippen molar-refractivity contribution in [1.82, 2.24) is 0 Å². The van der Waals surface area contributed by atoms with Gasteiger partial charge in [0, 0.05) is 12.4 Å². The van der Waals surface area contributed by atoms with Crippen LogP contribution in [0.3, 0.4) is 0 Å². The fourth-order valence-corrected chi connectivity index (χ4v) is 1.16. The van der Waals surface area contributed by atoms with E-state index in [0.29, 0.717) is 17.1 Å². The minimum atomic E-state index is -1.11. The molecule has 0 radical (unpaired) electrons. The predicted molar refractivity (Wildman–Crippen MR) is 48.3 cm³/mol. The molecule has 1 rings (SSSR count). The van der Waals surface area contributed by atoms with Gasteiger partial charge in [-0.1, -0.05) is 6.07 Å². The van der Waals surface area contributed by atoms with Crippen LogP contribution in [0.15, 0.2) is 18.2 Å². The van der Waals surface area contributed by atoms with Gasteiger partial charge >= 0.3 is 29.6 Å². The number of hydrogen-bond donors (Lipinski definition) is 0. The van der Waals surface area contributed by atoms with Crippen molar-refractivity contribution in [1.29, 1.82) is 0 Å². The summed E-state index contributed by atoms with van der Waals surface area (Å²) in [5.41, 5.74) is 0.627. The molecule has 0 amide bonds. The van der Waals surface area contributed by atoms with Crippen LogP contribution in [0.2, 0.25) is 0 Å². The fraction of sp³-hybridized carbons (Fsp3) is 0.300. The molecule has 0 unspecified atom stereocenters. The van der Waals surface area contributed by atoms with Crippen molar-refractivity contribution in [3.05, 3.63) is 23.8 Å². The first-order valence-electron chi connectivity index (χ1n) is 4.08. The van der Waals surface area contributed by atoms with Crippen LogP contribution in [0.5, 0.6) is 11.5 Å². The summed E-state index contributed by atoms with van der Waals surface area (Å²) in [5.74, 6) is -0.0157. The number of benzene rings is 1. The number of hydrogen-bond acceptors (Lipinski definition) is 4. The Balaban J connectivity index is 0.00000196. The maximum absolute atomic E-state index is 10.3. The molecule has 0 aliphatic rings. The third-order valence-electron chi connectivity index (χ3n) is 1.80. The monoisotopic (exact) mass is 218 g/mol. The van der Waals surface area contributed by atoms with E-state index >= 15 is 0 Å². The van der Waals surface area contributed by atoms with Crippen LogP contribution in [0.4, 0.5) is 0 Å². The van der Waals surface area contributed by atoms with E-state index in [1.165, 1.54) is 14.2 Å². The molecule has 0 N–H and O–H groups in total. The number of methoxy groups -OCH3 is 2. The molecule has 1 aromatic rings. The Bertz CT molecular complexity index is 338. The van der Waals surface area contributed by atoms with Gasteiger partial charge in [0.25, 0.3) is 0 Å². The van der Waals surface area contributed by atoms with Gasteiger partial charge in [0.2, 0.25) is 0 Å². The van der Waals surface area contributed by atoms with Gasteiger partial charge in [0.15, 0.2) is 11.5 Å². The molecule has 0 heterocycles. The number of carbonyl (C=O) groups is 1. The quantitative estimate of drug-likeness (QED) is 0.505. The summed E-state index contributed by atoms with van der Waals surface area (Å²) in [5, 5.41) is 10.3. The third kappa shape index (κ3) is 4.11. The summed E-state index contributed by atoms with van der Waals surface area (Å²) >= 11 is 0. The molecule has 0 aliphatic heterocycles. The second-order valence-electron chi connectivity index (χ2n) is 2.74. The van der Waals surface area contributed by atoms with Crippen LogP contribution in [-0.2, 0) is 11.2 Å². The van der Waals surface area contributed by atoms with E-state index in [4.69, 9.17) is 9.47 Å². The largest absolute Gasteiger partial charge is 1.00 e. The van der Waals surface area contributed by atoms with E-state index in [1.807, 2.05) is 0 Å². The molecule has 76 valence electrons. The maximum Gasteiger partial charge on any atom is 1.00 e. The van der Waals surface area contributed by atoms with Crippen LogP contribution in [0.25, 0.3) is 0 Å². The van der Waals surface area contributed by atoms with Crippen molar-refractivity contribution in [3.8, 4) is 11.5 Å². The van der Waals surface area contributed by atoms with Crippen molar-refractivity contribution in [2.24, 2.45) is 0 Å². The molecule has 0 aromatic heterocycles. The molecule has 5 heteroatoms. The van der Waals surface area contributed by atoms with E-state index in [1.54, 1.807) is 18.2 Å². The van der Waals surface area contributed by atoms with Gasteiger partial charge in [-0.25, -0.2) is 0 Å². The SMILES string of the molecule is COc1ccc(CC(=O)[O-])cc1OC.[Na+]. The van der Waals surface area contributed by atoms with Crippen molar-refractivity contribution in [3.63, 3.8) is 0 Å². The zero-order chi connectivity index (χ0) is 10.6. The molecule has 0 aliphatic carbocycles. The zero-order valence-corrected chi connectivity index (χ0v) is 11.1. The van der Waals surface area contributed by atoms with Crippen LogP contribution in [0, 0.1) is 0 Å². The maximum atomic E-state index is 10.3. The van der Waals surface area contributed by atoms with Gasteiger partial charge in [0.1, 0.15) is 0 Å². The van der Waals surface area contributed by atoms with Crippen LogP contribution in [0.1, 0.15) is 5.56 Å². The van der Waals surface area contributed by atoms with Gasteiger partial charge in [-0.05, 0) is 17.7 Å². The van der Waals surface area contributed by atoms with Crippen LogP contribution in [-0.4, -0.2) is 20.2 Å². The number of carboxylic acid groups (broad SMARTS) is 1. The summed E-state index contributed by atoms with van der Waals surface area (Å²) in [6.45, 7) is 0. The first-order chi connectivity index (χ1) is 6.67. The molecule has 4 nitrogen and oxygen atoms in total. The number of rotatable bonds is 4. The molecule has 1 aromatic carbocycles. The van der Waals surface area contributed by atoms with Gasteiger partial charge < -0.3 is 19.4 Å². The summed E-state index contributed by atoms with van der Waals surface area (Å²) in [7, 11) is 3.02. The minimum Gasteiger partial charge on any atom is -0.550 e. The Morgan fingerprint density at radius 3 is 2.33 bits per heavy atom. The normalized spacial score (nSPS) is 8.93. The van der Waals surface area contributed by atoms with E-state index in [0.717, 1.165) is 0 Å². The summed E-state index contributed by atoms with van der Waals surface area (Å²) in [6.07, 6.45) is -0.125. The number of aliphatic carboxylic acids is 1. The second-order valence-corrected chi connectivity index (χ2v) is 2.74. The van der Waals surface area contributed by atoms with Crippen LogP contribution >= 0.6 is 0 Å².